The number of aromatic nitrogens is 3. The fourth-order valence-electron chi connectivity index (χ4n) is 3.12. The summed E-state index contributed by atoms with van der Waals surface area (Å²) in [5, 5.41) is 3.94. The molecule has 1 aliphatic heterocycles. The summed E-state index contributed by atoms with van der Waals surface area (Å²) in [5.41, 5.74) is 1.08. The van der Waals surface area contributed by atoms with Crippen molar-refractivity contribution in [2.24, 2.45) is 0 Å². The van der Waals surface area contributed by atoms with E-state index in [1.54, 1.807) is 24.2 Å². The van der Waals surface area contributed by atoms with Crippen LogP contribution in [0.1, 0.15) is 31.7 Å². The maximum Gasteiger partial charge on any atom is 0.231 e. The zero-order valence-corrected chi connectivity index (χ0v) is 16.6. The fraction of sp³-hybridized carbons (Fsp3) is 0.333. The number of fused-ring (bicyclic) bond motifs is 1. The van der Waals surface area contributed by atoms with Gasteiger partial charge in [0.05, 0.1) is 5.54 Å². The number of benzene rings is 1. The summed E-state index contributed by atoms with van der Waals surface area (Å²) in [4.78, 5) is 23.1. The van der Waals surface area contributed by atoms with E-state index in [0.717, 1.165) is 11.3 Å². The van der Waals surface area contributed by atoms with Gasteiger partial charge in [-0.25, -0.2) is 0 Å². The SMILES string of the molecule is CN(C(=O)CCc1nc(-c2ccccn2)no1)C(C)(C)c1ccc2c(c1)OCO2. The van der Waals surface area contributed by atoms with E-state index >= 15 is 0 Å². The number of aryl methyl sites for hydroxylation is 1. The highest BCUT2D eigenvalue weighted by Crippen LogP contribution is 2.37. The molecule has 0 bridgehead atoms. The molecule has 0 unspecified atom stereocenters. The maximum absolute atomic E-state index is 12.8. The lowest BCUT2D eigenvalue weighted by atomic mass is 9.92. The van der Waals surface area contributed by atoms with Crippen LogP contribution in [0.4, 0.5) is 0 Å². The smallest absolute Gasteiger partial charge is 0.231 e. The Kier molecular flexibility index (Phi) is 4.92. The molecule has 8 heteroatoms. The summed E-state index contributed by atoms with van der Waals surface area (Å²) < 4.78 is 16.1. The Labute approximate surface area is 168 Å². The molecule has 0 spiro atoms. The summed E-state index contributed by atoms with van der Waals surface area (Å²) >= 11 is 0. The van der Waals surface area contributed by atoms with Crippen LogP contribution >= 0.6 is 0 Å². The molecule has 4 rings (SSSR count). The van der Waals surface area contributed by atoms with Crippen molar-refractivity contribution in [3.8, 4) is 23.0 Å². The fourth-order valence-corrected chi connectivity index (χ4v) is 3.12. The standard InChI is InChI=1S/C21H22N4O4/c1-21(2,14-7-8-16-17(12-14)28-13-27-16)25(3)19(26)10-9-18-23-20(24-29-18)15-6-4-5-11-22-15/h4-8,11-12H,9-10,13H2,1-3H3. The number of rotatable bonds is 6. The Morgan fingerprint density at radius 2 is 2.00 bits per heavy atom. The third-order valence-electron chi connectivity index (χ3n) is 5.21. The third-order valence-corrected chi connectivity index (χ3v) is 5.21. The number of hydrogen-bond donors (Lipinski definition) is 0. The van der Waals surface area contributed by atoms with E-state index in [9.17, 15) is 4.79 Å². The second-order valence-electron chi connectivity index (χ2n) is 7.31. The van der Waals surface area contributed by atoms with E-state index < -0.39 is 5.54 Å². The van der Waals surface area contributed by atoms with Crippen molar-refractivity contribution in [2.45, 2.75) is 32.2 Å². The minimum atomic E-state index is -0.522. The van der Waals surface area contributed by atoms with Gasteiger partial charge >= 0.3 is 0 Å². The lowest BCUT2D eigenvalue weighted by molar-refractivity contribution is -0.135. The van der Waals surface area contributed by atoms with Crippen molar-refractivity contribution >= 4 is 5.91 Å². The first-order valence-corrected chi connectivity index (χ1v) is 9.36. The molecule has 0 N–H and O–H groups in total. The maximum atomic E-state index is 12.8. The molecule has 0 saturated heterocycles. The molecule has 29 heavy (non-hydrogen) atoms. The monoisotopic (exact) mass is 394 g/mol. The van der Waals surface area contributed by atoms with E-state index in [2.05, 4.69) is 15.1 Å². The van der Waals surface area contributed by atoms with Gasteiger partial charge in [0.25, 0.3) is 0 Å². The summed E-state index contributed by atoms with van der Waals surface area (Å²) in [7, 11) is 1.79. The molecule has 0 fully saturated rings. The molecule has 3 heterocycles. The number of ether oxygens (including phenoxy) is 2. The second-order valence-corrected chi connectivity index (χ2v) is 7.31. The normalized spacial score (nSPS) is 12.8. The van der Waals surface area contributed by atoms with E-state index in [1.807, 2.05) is 44.2 Å². The van der Waals surface area contributed by atoms with Gasteiger partial charge in [-0.3, -0.25) is 9.78 Å². The molecular formula is C21H22N4O4. The van der Waals surface area contributed by atoms with Crippen molar-refractivity contribution in [1.82, 2.24) is 20.0 Å². The van der Waals surface area contributed by atoms with Crippen LogP contribution in [0, 0.1) is 0 Å². The summed E-state index contributed by atoms with van der Waals surface area (Å²) in [6, 6.07) is 11.2. The highest BCUT2D eigenvalue weighted by atomic mass is 16.7. The Bertz CT molecular complexity index is 1020. The molecule has 150 valence electrons. The zero-order valence-electron chi connectivity index (χ0n) is 16.6. The number of hydrogen-bond acceptors (Lipinski definition) is 7. The molecule has 1 amide bonds. The van der Waals surface area contributed by atoms with Gasteiger partial charge in [0.1, 0.15) is 5.69 Å². The van der Waals surface area contributed by atoms with Crippen molar-refractivity contribution < 1.29 is 18.8 Å². The van der Waals surface area contributed by atoms with Crippen molar-refractivity contribution in [1.29, 1.82) is 0 Å². The molecule has 0 aliphatic carbocycles. The molecule has 0 atom stereocenters. The van der Waals surface area contributed by atoms with Crippen LogP contribution in [0.2, 0.25) is 0 Å². The Balaban J connectivity index is 1.41. The van der Waals surface area contributed by atoms with Gasteiger partial charge in [0, 0.05) is 26.1 Å². The predicted molar refractivity (Wildman–Crippen MR) is 104 cm³/mol. The topological polar surface area (TPSA) is 90.6 Å². The number of pyridine rings is 1. The van der Waals surface area contributed by atoms with Gasteiger partial charge in [0.2, 0.25) is 24.4 Å². The van der Waals surface area contributed by atoms with Crippen LogP contribution in [0.5, 0.6) is 11.5 Å². The molecule has 0 saturated carbocycles. The number of carbonyl (C=O) groups is 1. The Morgan fingerprint density at radius 1 is 1.17 bits per heavy atom. The van der Waals surface area contributed by atoms with Gasteiger partial charge in [0.15, 0.2) is 11.5 Å². The lowest BCUT2D eigenvalue weighted by Gasteiger charge is -2.36. The number of nitrogens with zero attached hydrogens (tertiary/aromatic N) is 4. The van der Waals surface area contributed by atoms with Crippen molar-refractivity contribution in [2.75, 3.05) is 13.8 Å². The molecule has 1 aliphatic rings. The molecule has 0 radical (unpaired) electrons. The van der Waals surface area contributed by atoms with Gasteiger partial charge < -0.3 is 18.9 Å². The second kappa shape index (κ2) is 7.54. The number of carbonyl (C=O) groups excluding carboxylic acids is 1. The van der Waals surface area contributed by atoms with Crippen molar-refractivity contribution in [3.63, 3.8) is 0 Å². The largest absolute Gasteiger partial charge is 0.454 e. The van der Waals surface area contributed by atoms with E-state index in [-0.39, 0.29) is 19.1 Å². The summed E-state index contributed by atoms with van der Waals surface area (Å²) in [5.74, 6) is 2.23. The molecule has 2 aromatic heterocycles. The van der Waals surface area contributed by atoms with Crippen LogP contribution < -0.4 is 9.47 Å². The molecular weight excluding hydrogens is 372 g/mol. The first-order valence-electron chi connectivity index (χ1n) is 9.36. The van der Waals surface area contributed by atoms with Gasteiger partial charge in [-0.1, -0.05) is 17.3 Å². The van der Waals surface area contributed by atoms with E-state index in [4.69, 9.17) is 14.0 Å². The molecule has 8 nitrogen and oxygen atoms in total. The van der Waals surface area contributed by atoms with E-state index in [1.165, 1.54) is 0 Å². The first-order chi connectivity index (χ1) is 13.9. The zero-order chi connectivity index (χ0) is 20.4. The third kappa shape index (κ3) is 3.78. The highest BCUT2D eigenvalue weighted by molar-refractivity contribution is 5.77. The van der Waals surface area contributed by atoms with Gasteiger partial charge in [-0.2, -0.15) is 4.98 Å². The van der Waals surface area contributed by atoms with Crippen LogP contribution in [-0.2, 0) is 16.8 Å². The Morgan fingerprint density at radius 3 is 2.79 bits per heavy atom. The van der Waals surface area contributed by atoms with Crippen LogP contribution in [0.3, 0.4) is 0 Å². The van der Waals surface area contributed by atoms with Crippen LogP contribution in [0.25, 0.3) is 11.5 Å². The Hall–Kier alpha value is -3.42. The van der Waals surface area contributed by atoms with Crippen molar-refractivity contribution in [3.05, 3.63) is 54.0 Å². The highest BCUT2D eigenvalue weighted by Gasteiger charge is 2.31. The molecule has 1 aromatic carbocycles. The average Bonchev–Trinajstić information content (AvgIpc) is 3.40. The minimum absolute atomic E-state index is 0.0229. The van der Waals surface area contributed by atoms with Gasteiger partial charge in [-0.15, -0.1) is 0 Å². The van der Waals surface area contributed by atoms with Crippen LogP contribution in [-0.4, -0.2) is 39.8 Å². The predicted octanol–water partition coefficient (Wildman–Crippen LogP) is 3.19. The minimum Gasteiger partial charge on any atom is -0.454 e. The summed E-state index contributed by atoms with van der Waals surface area (Å²) in [6.07, 6.45) is 2.29. The van der Waals surface area contributed by atoms with Crippen LogP contribution in [0.15, 0.2) is 47.1 Å². The molecule has 3 aromatic rings. The number of amides is 1. The van der Waals surface area contributed by atoms with Gasteiger partial charge in [-0.05, 0) is 43.7 Å². The summed E-state index contributed by atoms with van der Waals surface area (Å²) in [6.45, 7) is 4.21. The average molecular weight is 394 g/mol. The quantitative estimate of drug-likeness (QED) is 0.634. The first kappa shape index (κ1) is 18.9. The lowest BCUT2D eigenvalue weighted by Crippen LogP contribution is -2.42. The van der Waals surface area contributed by atoms with E-state index in [0.29, 0.717) is 29.6 Å².